The summed E-state index contributed by atoms with van der Waals surface area (Å²) in [7, 11) is -7.62. The Balaban J connectivity index is 1.66. The van der Waals surface area contributed by atoms with Gasteiger partial charge in [0.05, 0.1) is 24.0 Å². The number of piperidine rings is 1. The van der Waals surface area contributed by atoms with Crippen LogP contribution in [0.3, 0.4) is 0 Å². The maximum absolute atomic E-state index is 13.8. The lowest BCUT2D eigenvalue weighted by Gasteiger charge is -2.34. The first-order valence-corrected chi connectivity index (χ1v) is 15.9. The molecule has 1 aliphatic carbocycles. The lowest BCUT2D eigenvalue weighted by Crippen LogP contribution is -2.38. The number of carbonyl (C=O) groups is 1. The van der Waals surface area contributed by atoms with Crippen LogP contribution in [0.2, 0.25) is 0 Å². The van der Waals surface area contributed by atoms with Crippen LogP contribution in [0.25, 0.3) is 0 Å². The fourth-order valence-electron chi connectivity index (χ4n) is 5.05. The Bertz CT molecular complexity index is 1340. The molecule has 11 heteroatoms. The molecule has 0 bridgehead atoms. The smallest absolute Gasteiger partial charge is 0.309 e. The van der Waals surface area contributed by atoms with Gasteiger partial charge in [-0.1, -0.05) is 24.3 Å². The van der Waals surface area contributed by atoms with Gasteiger partial charge in [-0.05, 0) is 75.3 Å². The van der Waals surface area contributed by atoms with Crippen LogP contribution in [-0.4, -0.2) is 48.3 Å². The van der Waals surface area contributed by atoms with Gasteiger partial charge in [0, 0.05) is 24.8 Å². The number of fused-ring (bicyclic) bond motifs is 1. The SMILES string of the molecule is CCOC(=O)C1CCN(c2ccc(NS(=O)(=O)CC)cc2S(=O)(=O)NC2CCCc3ccccc32)CC1. The second-order valence-electron chi connectivity index (χ2n) is 9.47. The lowest BCUT2D eigenvalue weighted by molar-refractivity contribution is -0.148. The maximum Gasteiger partial charge on any atom is 0.309 e. The highest BCUT2D eigenvalue weighted by Gasteiger charge is 2.32. The van der Waals surface area contributed by atoms with Gasteiger partial charge >= 0.3 is 5.97 Å². The molecule has 0 amide bonds. The van der Waals surface area contributed by atoms with Crippen LogP contribution in [0, 0.1) is 5.92 Å². The van der Waals surface area contributed by atoms with Crippen molar-refractivity contribution in [2.45, 2.75) is 56.9 Å². The molecule has 1 heterocycles. The van der Waals surface area contributed by atoms with Gasteiger partial charge in [-0.3, -0.25) is 9.52 Å². The molecule has 1 saturated heterocycles. The van der Waals surface area contributed by atoms with E-state index in [0.29, 0.717) is 44.6 Å². The summed E-state index contributed by atoms with van der Waals surface area (Å²) < 4.78 is 62.6. The zero-order valence-corrected chi connectivity index (χ0v) is 22.9. The van der Waals surface area contributed by atoms with Crippen molar-refractivity contribution in [3.63, 3.8) is 0 Å². The molecule has 2 aliphatic rings. The predicted octanol–water partition coefficient (Wildman–Crippen LogP) is 3.58. The number of nitrogens with one attached hydrogen (secondary N) is 2. The number of aryl methyl sites for hydroxylation is 1. The molecule has 0 saturated carbocycles. The maximum atomic E-state index is 13.8. The molecular formula is C26H35N3O6S2. The molecule has 0 radical (unpaired) electrons. The topological polar surface area (TPSA) is 122 Å². The first-order chi connectivity index (χ1) is 17.6. The fourth-order valence-corrected chi connectivity index (χ4v) is 7.18. The van der Waals surface area contributed by atoms with Crippen LogP contribution < -0.4 is 14.3 Å². The van der Waals surface area contributed by atoms with E-state index >= 15 is 0 Å². The summed E-state index contributed by atoms with van der Waals surface area (Å²) in [4.78, 5) is 14.1. The van der Waals surface area contributed by atoms with Crippen LogP contribution >= 0.6 is 0 Å². The highest BCUT2D eigenvalue weighted by atomic mass is 32.2. The average Bonchev–Trinajstić information content (AvgIpc) is 2.89. The monoisotopic (exact) mass is 549 g/mol. The Hall–Kier alpha value is -2.63. The molecule has 9 nitrogen and oxygen atoms in total. The van der Waals surface area contributed by atoms with Crippen molar-refractivity contribution in [1.29, 1.82) is 0 Å². The highest BCUT2D eigenvalue weighted by molar-refractivity contribution is 7.92. The molecule has 4 rings (SSSR count). The molecule has 1 fully saturated rings. The number of sulfonamides is 2. The summed E-state index contributed by atoms with van der Waals surface area (Å²) >= 11 is 0. The van der Waals surface area contributed by atoms with Gasteiger partial charge in [-0.25, -0.2) is 21.6 Å². The van der Waals surface area contributed by atoms with E-state index < -0.39 is 20.0 Å². The lowest BCUT2D eigenvalue weighted by atomic mass is 9.88. The van der Waals surface area contributed by atoms with Crippen molar-refractivity contribution in [1.82, 2.24) is 4.72 Å². The second-order valence-corrected chi connectivity index (χ2v) is 13.2. The fraction of sp³-hybridized carbons (Fsp3) is 0.500. The summed E-state index contributed by atoms with van der Waals surface area (Å²) in [5, 5.41) is 0. The van der Waals surface area contributed by atoms with E-state index in [2.05, 4.69) is 9.44 Å². The molecule has 2 N–H and O–H groups in total. The number of esters is 1. The Morgan fingerprint density at radius 2 is 1.76 bits per heavy atom. The summed E-state index contributed by atoms with van der Waals surface area (Å²) in [5.41, 5.74) is 2.78. The van der Waals surface area contributed by atoms with Crippen molar-refractivity contribution in [2.75, 3.05) is 35.1 Å². The van der Waals surface area contributed by atoms with Crippen LogP contribution in [-0.2, 0) is 36.0 Å². The number of rotatable bonds is 9. The third-order valence-corrected chi connectivity index (χ3v) is 9.83. The van der Waals surface area contributed by atoms with Crippen LogP contribution in [0.4, 0.5) is 11.4 Å². The van der Waals surface area contributed by atoms with Gasteiger partial charge in [0.25, 0.3) is 0 Å². The van der Waals surface area contributed by atoms with E-state index in [1.165, 1.54) is 13.0 Å². The van der Waals surface area contributed by atoms with E-state index in [4.69, 9.17) is 4.74 Å². The van der Waals surface area contributed by atoms with Gasteiger partial charge in [0.15, 0.2) is 0 Å². The Morgan fingerprint density at radius 1 is 1.03 bits per heavy atom. The van der Waals surface area contributed by atoms with E-state index in [1.807, 2.05) is 29.2 Å². The van der Waals surface area contributed by atoms with E-state index in [0.717, 1.165) is 24.0 Å². The van der Waals surface area contributed by atoms with Gasteiger partial charge < -0.3 is 9.64 Å². The summed E-state index contributed by atoms with van der Waals surface area (Å²) in [6.45, 7) is 4.59. The number of nitrogens with zero attached hydrogens (tertiary/aromatic N) is 1. The minimum atomic E-state index is -4.02. The molecule has 0 spiro atoms. The Morgan fingerprint density at radius 3 is 2.46 bits per heavy atom. The number of benzene rings is 2. The van der Waals surface area contributed by atoms with Crippen molar-refractivity contribution in [3.05, 3.63) is 53.6 Å². The van der Waals surface area contributed by atoms with Crippen molar-refractivity contribution >= 4 is 37.4 Å². The van der Waals surface area contributed by atoms with E-state index in [1.54, 1.807) is 19.1 Å². The number of hydrogen-bond donors (Lipinski definition) is 2. The first kappa shape index (κ1) is 27.4. The van der Waals surface area contributed by atoms with Crippen molar-refractivity contribution in [3.8, 4) is 0 Å². The number of ether oxygens (including phenoxy) is 1. The minimum Gasteiger partial charge on any atom is -0.466 e. The molecule has 1 atom stereocenters. The molecular weight excluding hydrogens is 514 g/mol. The molecule has 1 unspecified atom stereocenters. The molecule has 2 aromatic rings. The normalized spacial score (nSPS) is 18.8. The summed E-state index contributed by atoms with van der Waals surface area (Å²) in [6.07, 6.45) is 3.55. The molecule has 202 valence electrons. The van der Waals surface area contributed by atoms with Gasteiger partial charge in [-0.2, -0.15) is 0 Å². The third kappa shape index (κ3) is 6.45. The van der Waals surface area contributed by atoms with E-state index in [9.17, 15) is 21.6 Å². The Labute approximate surface area is 219 Å². The number of hydrogen-bond acceptors (Lipinski definition) is 7. The van der Waals surface area contributed by atoms with Gasteiger partial charge in [-0.15, -0.1) is 0 Å². The highest BCUT2D eigenvalue weighted by Crippen LogP contribution is 2.35. The molecule has 2 aromatic carbocycles. The zero-order valence-electron chi connectivity index (χ0n) is 21.3. The van der Waals surface area contributed by atoms with Crippen LogP contribution in [0.1, 0.15) is 56.7 Å². The number of anilines is 2. The second kappa shape index (κ2) is 11.4. The van der Waals surface area contributed by atoms with Crippen LogP contribution in [0.5, 0.6) is 0 Å². The van der Waals surface area contributed by atoms with Gasteiger partial charge in [0.1, 0.15) is 4.90 Å². The van der Waals surface area contributed by atoms with Crippen molar-refractivity contribution < 1.29 is 26.4 Å². The zero-order chi connectivity index (χ0) is 26.6. The average molecular weight is 550 g/mol. The minimum absolute atomic E-state index is 0.0152. The molecule has 0 aromatic heterocycles. The summed E-state index contributed by atoms with van der Waals surface area (Å²) in [6, 6.07) is 12.1. The summed E-state index contributed by atoms with van der Waals surface area (Å²) in [5.74, 6) is -0.573. The third-order valence-electron chi connectivity index (χ3n) is 7.03. The van der Waals surface area contributed by atoms with Crippen molar-refractivity contribution in [2.24, 2.45) is 5.92 Å². The van der Waals surface area contributed by atoms with Gasteiger partial charge in [0.2, 0.25) is 20.0 Å². The Kier molecular flexibility index (Phi) is 8.45. The molecule has 37 heavy (non-hydrogen) atoms. The predicted molar refractivity (Wildman–Crippen MR) is 144 cm³/mol. The quantitative estimate of drug-likeness (QED) is 0.459. The number of carbonyl (C=O) groups excluding carboxylic acids is 1. The largest absolute Gasteiger partial charge is 0.466 e. The standard InChI is InChI=1S/C26H35N3O6S2/c1-3-35-26(30)20-14-16-29(17-15-20)24-13-12-21(27-36(31,32)4-2)18-25(24)37(33,34)28-23-11-7-9-19-8-5-6-10-22(19)23/h5-6,8,10,12-13,18,20,23,27-28H,3-4,7,9,11,14-17H2,1-2H3. The molecule has 1 aliphatic heterocycles. The van der Waals surface area contributed by atoms with E-state index in [-0.39, 0.29) is 34.3 Å². The van der Waals surface area contributed by atoms with Crippen LogP contribution in [0.15, 0.2) is 47.4 Å². The first-order valence-electron chi connectivity index (χ1n) is 12.8.